The average molecular weight is 314 g/mol. The first-order chi connectivity index (χ1) is 10.4. The highest BCUT2D eigenvalue weighted by atomic mass is 31.2. The first kappa shape index (κ1) is 16.3. The Hall–Kier alpha value is -2.12. The summed E-state index contributed by atoms with van der Waals surface area (Å²) in [6.45, 7) is 9.11. The molecule has 2 rings (SSSR count). The van der Waals surface area contributed by atoms with Gasteiger partial charge < -0.3 is 4.52 Å². The van der Waals surface area contributed by atoms with E-state index in [9.17, 15) is 9.36 Å². The van der Waals surface area contributed by atoms with Gasteiger partial charge in [-0.3, -0.25) is 9.36 Å². The molecule has 2 aromatic rings. The van der Waals surface area contributed by atoms with Gasteiger partial charge in [0.05, 0.1) is 11.6 Å². The Labute approximate surface area is 131 Å². The van der Waals surface area contributed by atoms with Crippen LogP contribution in [0.2, 0.25) is 0 Å². The Morgan fingerprint density at radius 3 is 2.14 bits per heavy atom. The highest BCUT2D eigenvalue weighted by molar-refractivity contribution is 7.83. The number of carbonyl (C=O) groups excluding carboxylic acids is 1. The van der Waals surface area contributed by atoms with Crippen LogP contribution in [-0.2, 0) is 9.09 Å². The zero-order chi connectivity index (χ0) is 16.3. The molecule has 1 atom stereocenters. The van der Waals surface area contributed by atoms with E-state index in [2.05, 4.69) is 6.58 Å². The van der Waals surface area contributed by atoms with Crippen molar-refractivity contribution in [3.8, 4) is 0 Å². The van der Waals surface area contributed by atoms with E-state index in [1.807, 2.05) is 32.9 Å². The third-order valence-corrected chi connectivity index (χ3v) is 5.66. The van der Waals surface area contributed by atoms with E-state index in [0.29, 0.717) is 10.9 Å². The maximum atomic E-state index is 13.3. The number of benzene rings is 2. The standard InChI is InChI=1S/C18H19O3P/c1-5-21-22(20,16-9-7-6-8-10-16)18(19)17-14(3)11-13(2)12-15(17)4/h5-12H,1H2,2-4H3. The highest BCUT2D eigenvalue weighted by Gasteiger charge is 2.38. The number of hydrogen-bond donors (Lipinski definition) is 0. The minimum atomic E-state index is -3.71. The van der Waals surface area contributed by atoms with Gasteiger partial charge in [-0.05, 0) is 44.0 Å². The van der Waals surface area contributed by atoms with Gasteiger partial charge in [-0.25, -0.2) is 0 Å². The Bertz CT molecular complexity index is 740. The van der Waals surface area contributed by atoms with Gasteiger partial charge in [-0.2, -0.15) is 0 Å². The molecule has 22 heavy (non-hydrogen) atoms. The van der Waals surface area contributed by atoms with Crippen molar-refractivity contribution in [1.82, 2.24) is 0 Å². The molecule has 0 aliphatic rings. The predicted molar refractivity (Wildman–Crippen MR) is 89.9 cm³/mol. The van der Waals surface area contributed by atoms with Crippen LogP contribution in [0.15, 0.2) is 55.3 Å². The van der Waals surface area contributed by atoms with Gasteiger partial charge in [0.25, 0.3) is 5.52 Å². The van der Waals surface area contributed by atoms with Crippen LogP contribution in [0, 0.1) is 20.8 Å². The molecule has 0 aromatic heterocycles. The second-order valence-electron chi connectivity index (χ2n) is 5.24. The van der Waals surface area contributed by atoms with E-state index < -0.39 is 12.9 Å². The quantitative estimate of drug-likeness (QED) is 0.602. The third-order valence-electron chi connectivity index (χ3n) is 3.48. The lowest BCUT2D eigenvalue weighted by molar-refractivity contribution is 0.106. The van der Waals surface area contributed by atoms with E-state index in [0.717, 1.165) is 23.0 Å². The molecule has 0 heterocycles. The molecule has 0 saturated carbocycles. The van der Waals surface area contributed by atoms with E-state index in [1.165, 1.54) is 0 Å². The van der Waals surface area contributed by atoms with Crippen molar-refractivity contribution in [2.24, 2.45) is 0 Å². The van der Waals surface area contributed by atoms with Crippen molar-refractivity contribution in [3.63, 3.8) is 0 Å². The molecule has 3 nitrogen and oxygen atoms in total. The molecule has 0 aliphatic heterocycles. The lowest BCUT2D eigenvalue weighted by atomic mass is 10.0. The van der Waals surface area contributed by atoms with Gasteiger partial charge in [0.1, 0.15) is 0 Å². The molecule has 0 aliphatic carbocycles. The SMILES string of the molecule is C=COP(=O)(C(=O)c1c(C)cc(C)cc1C)c1ccccc1. The first-order valence-corrected chi connectivity index (χ1v) is 8.60. The summed E-state index contributed by atoms with van der Waals surface area (Å²) in [5, 5.41) is 0.374. The van der Waals surface area contributed by atoms with E-state index in [-0.39, 0.29) is 0 Å². The molecular weight excluding hydrogens is 295 g/mol. The smallest absolute Gasteiger partial charge is 0.345 e. The lowest BCUT2D eigenvalue weighted by Crippen LogP contribution is -2.16. The lowest BCUT2D eigenvalue weighted by Gasteiger charge is -2.19. The fraction of sp³-hybridized carbons (Fsp3) is 0.167. The van der Waals surface area contributed by atoms with Gasteiger partial charge in [-0.1, -0.05) is 42.5 Å². The fourth-order valence-electron chi connectivity index (χ4n) is 2.62. The summed E-state index contributed by atoms with van der Waals surface area (Å²) in [5.41, 5.74) is 2.62. The van der Waals surface area contributed by atoms with Crippen molar-refractivity contribution in [1.29, 1.82) is 0 Å². The third kappa shape index (κ3) is 2.90. The van der Waals surface area contributed by atoms with Crippen LogP contribution < -0.4 is 5.30 Å². The topological polar surface area (TPSA) is 43.4 Å². The Balaban J connectivity index is 2.63. The van der Waals surface area contributed by atoms with Crippen LogP contribution in [0.4, 0.5) is 0 Å². The molecule has 0 spiro atoms. The Morgan fingerprint density at radius 1 is 1.09 bits per heavy atom. The molecule has 1 unspecified atom stereocenters. The summed E-state index contributed by atoms with van der Waals surface area (Å²) in [5.74, 6) is 0. The van der Waals surface area contributed by atoms with Crippen LogP contribution >= 0.6 is 7.37 Å². The van der Waals surface area contributed by atoms with Crippen LogP contribution in [0.1, 0.15) is 27.0 Å². The summed E-state index contributed by atoms with van der Waals surface area (Å²) in [7, 11) is -3.71. The van der Waals surface area contributed by atoms with Crippen molar-refractivity contribution >= 4 is 18.2 Å². The van der Waals surface area contributed by atoms with Crippen LogP contribution in [0.3, 0.4) is 0 Å². The maximum Gasteiger partial charge on any atom is 0.345 e. The summed E-state index contributed by atoms with van der Waals surface area (Å²) >= 11 is 0. The normalized spacial score (nSPS) is 13.2. The number of carbonyl (C=O) groups is 1. The summed E-state index contributed by atoms with van der Waals surface area (Å²) < 4.78 is 18.5. The molecule has 0 N–H and O–H groups in total. The molecule has 114 valence electrons. The van der Waals surface area contributed by atoms with E-state index in [1.54, 1.807) is 30.3 Å². The maximum absolute atomic E-state index is 13.3. The van der Waals surface area contributed by atoms with E-state index >= 15 is 0 Å². The second kappa shape index (κ2) is 6.33. The highest BCUT2D eigenvalue weighted by Crippen LogP contribution is 2.50. The number of aryl methyl sites for hydroxylation is 3. The Kier molecular flexibility index (Phi) is 4.68. The Morgan fingerprint density at radius 2 is 1.64 bits per heavy atom. The molecule has 2 aromatic carbocycles. The fourth-order valence-corrected chi connectivity index (χ4v) is 4.49. The van der Waals surface area contributed by atoms with Gasteiger partial charge in [0.15, 0.2) is 0 Å². The van der Waals surface area contributed by atoms with Crippen LogP contribution in [0.5, 0.6) is 0 Å². The van der Waals surface area contributed by atoms with Crippen molar-refractivity contribution in [2.75, 3.05) is 0 Å². The van der Waals surface area contributed by atoms with E-state index in [4.69, 9.17) is 4.52 Å². The van der Waals surface area contributed by atoms with Crippen LogP contribution in [0.25, 0.3) is 0 Å². The average Bonchev–Trinajstić information content (AvgIpc) is 2.47. The molecular formula is C18H19O3P. The summed E-state index contributed by atoms with van der Waals surface area (Å²) in [4.78, 5) is 13.0. The molecule has 0 saturated heterocycles. The molecule has 0 bridgehead atoms. The largest absolute Gasteiger partial charge is 0.443 e. The zero-order valence-electron chi connectivity index (χ0n) is 13.0. The van der Waals surface area contributed by atoms with Gasteiger partial charge >= 0.3 is 7.37 Å². The van der Waals surface area contributed by atoms with Gasteiger partial charge in [-0.15, -0.1) is 0 Å². The van der Waals surface area contributed by atoms with Crippen molar-refractivity contribution in [2.45, 2.75) is 20.8 Å². The monoisotopic (exact) mass is 314 g/mol. The van der Waals surface area contributed by atoms with Gasteiger partial charge in [0, 0.05) is 5.56 Å². The second-order valence-corrected chi connectivity index (χ2v) is 7.47. The molecule has 0 radical (unpaired) electrons. The van der Waals surface area contributed by atoms with Crippen molar-refractivity contribution < 1.29 is 13.9 Å². The van der Waals surface area contributed by atoms with Crippen molar-refractivity contribution in [3.05, 3.63) is 77.6 Å². The predicted octanol–water partition coefficient (Wildman–Crippen LogP) is 4.52. The first-order valence-electron chi connectivity index (χ1n) is 6.98. The number of rotatable bonds is 5. The zero-order valence-corrected chi connectivity index (χ0v) is 13.9. The minimum Gasteiger partial charge on any atom is -0.443 e. The van der Waals surface area contributed by atoms with Crippen LogP contribution in [-0.4, -0.2) is 5.52 Å². The molecule has 0 amide bonds. The summed E-state index contributed by atoms with van der Waals surface area (Å²) in [6.07, 6.45) is 1.07. The summed E-state index contributed by atoms with van der Waals surface area (Å²) in [6, 6.07) is 12.4. The number of hydrogen-bond acceptors (Lipinski definition) is 3. The molecule has 0 fully saturated rings. The minimum absolute atomic E-state index is 0.374. The van der Waals surface area contributed by atoms with Gasteiger partial charge in [0.2, 0.25) is 0 Å². The molecule has 4 heteroatoms.